The second-order valence-electron chi connectivity index (χ2n) is 7.84. The summed E-state index contributed by atoms with van der Waals surface area (Å²) in [5.74, 6) is -0.138. The van der Waals surface area contributed by atoms with Crippen LogP contribution in [-0.2, 0) is 19.6 Å². The third-order valence-corrected chi connectivity index (χ3v) is 6.87. The van der Waals surface area contributed by atoms with Crippen molar-refractivity contribution in [2.75, 3.05) is 18.4 Å². The van der Waals surface area contributed by atoms with Gasteiger partial charge in [-0.05, 0) is 43.7 Å². The van der Waals surface area contributed by atoms with E-state index in [1.165, 1.54) is 7.11 Å². The van der Waals surface area contributed by atoms with Gasteiger partial charge < -0.3 is 9.47 Å². The molecule has 0 spiro atoms. The number of carbonyl (C=O) groups is 1. The number of aromatic nitrogens is 1. The molecule has 0 amide bonds. The molecule has 7 nitrogen and oxygen atoms in total. The molecule has 174 valence electrons. The Kier molecular flexibility index (Phi) is 6.51. The molecule has 0 aliphatic heterocycles. The SMILES string of the molecule is COC(=O)COc1cc(-c2ccc(C)cc2)nc2ccc(NS(=O)(=O)c3ccccc3C)cc12. The maximum absolute atomic E-state index is 12.9. The van der Waals surface area contributed by atoms with E-state index in [2.05, 4.69) is 4.72 Å². The molecule has 8 heteroatoms. The van der Waals surface area contributed by atoms with Gasteiger partial charge in [0.2, 0.25) is 0 Å². The first-order valence-corrected chi connectivity index (χ1v) is 12.0. The van der Waals surface area contributed by atoms with Gasteiger partial charge in [-0.15, -0.1) is 0 Å². The predicted molar refractivity (Wildman–Crippen MR) is 131 cm³/mol. The molecule has 0 bridgehead atoms. The van der Waals surface area contributed by atoms with Crippen molar-refractivity contribution >= 4 is 32.6 Å². The third kappa shape index (κ3) is 5.02. The molecule has 1 aromatic heterocycles. The Morgan fingerprint density at radius 3 is 2.41 bits per heavy atom. The zero-order valence-electron chi connectivity index (χ0n) is 19.0. The molecule has 0 atom stereocenters. The molecule has 1 N–H and O–H groups in total. The summed E-state index contributed by atoms with van der Waals surface area (Å²) in [6.45, 7) is 3.45. The van der Waals surface area contributed by atoms with Crippen molar-refractivity contribution in [3.8, 4) is 17.0 Å². The van der Waals surface area contributed by atoms with E-state index in [1.807, 2.05) is 31.2 Å². The maximum Gasteiger partial charge on any atom is 0.343 e. The van der Waals surface area contributed by atoms with Crippen molar-refractivity contribution in [3.05, 3.63) is 83.9 Å². The minimum absolute atomic E-state index is 0.199. The number of sulfonamides is 1. The van der Waals surface area contributed by atoms with E-state index < -0.39 is 16.0 Å². The van der Waals surface area contributed by atoms with Crippen molar-refractivity contribution in [2.45, 2.75) is 18.7 Å². The number of aryl methyl sites for hydroxylation is 2. The van der Waals surface area contributed by atoms with Crippen LogP contribution < -0.4 is 9.46 Å². The Morgan fingerprint density at radius 2 is 1.71 bits per heavy atom. The summed E-state index contributed by atoms with van der Waals surface area (Å²) in [6, 6.07) is 21.4. The van der Waals surface area contributed by atoms with E-state index in [1.54, 1.807) is 55.5 Å². The number of nitrogens with one attached hydrogen (secondary N) is 1. The van der Waals surface area contributed by atoms with Crippen molar-refractivity contribution in [2.24, 2.45) is 0 Å². The van der Waals surface area contributed by atoms with Crippen LogP contribution in [0.15, 0.2) is 77.7 Å². The minimum atomic E-state index is -3.80. The van der Waals surface area contributed by atoms with Gasteiger partial charge in [-0.1, -0.05) is 48.0 Å². The van der Waals surface area contributed by atoms with Gasteiger partial charge in [0.15, 0.2) is 6.61 Å². The molecule has 34 heavy (non-hydrogen) atoms. The van der Waals surface area contributed by atoms with E-state index in [-0.39, 0.29) is 11.5 Å². The molecule has 1 heterocycles. The molecule has 4 aromatic rings. The van der Waals surface area contributed by atoms with E-state index >= 15 is 0 Å². The highest BCUT2D eigenvalue weighted by atomic mass is 32.2. The number of fused-ring (bicyclic) bond motifs is 1. The Bertz CT molecular complexity index is 1460. The van der Waals surface area contributed by atoms with Gasteiger partial charge >= 0.3 is 5.97 Å². The number of hydrogen-bond donors (Lipinski definition) is 1. The van der Waals surface area contributed by atoms with Gasteiger partial charge in [0, 0.05) is 22.7 Å². The molecule has 0 radical (unpaired) electrons. The summed E-state index contributed by atoms with van der Waals surface area (Å²) in [4.78, 5) is 16.6. The fourth-order valence-corrected chi connectivity index (χ4v) is 4.81. The smallest absolute Gasteiger partial charge is 0.343 e. The van der Waals surface area contributed by atoms with Crippen LogP contribution in [0.2, 0.25) is 0 Å². The van der Waals surface area contributed by atoms with Gasteiger partial charge in [-0.25, -0.2) is 18.2 Å². The molecule has 0 fully saturated rings. The van der Waals surface area contributed by atoms with E-state index in [4.69, 9.17) is 14.5 Å². The highest BCUT2D eigenvalue weighted by Gasteiger charge is 2.18. The molecular weight excluding hydrogens is 452 g/mol. The van der Waals surface area contributed by atoms with Gasteiger partial charge in [-0.2, -0.15) is 0 Å². The lowest BCUT2D eigenvalue weighted by Gasteiger charge is -2.14. The van der Waals surface area contributed by atoms with Crippen LogP contribution in [-0.4, -0.2) is 33.1 Å². The summed E-state index contributed by atoms with van der Waals surface area (Å²) in [5, 5.41) is 0.560. The highest BCUT2D eigenvalue weighted by Crippen LogP contribution is 2.33. The summed E-state index contributed by atoms with van der Waals surface area (Å²) in [6.07, 6.45) is 0. The first-order valence-electron chi connectivity index (χ1n) is 10.6. The molecule has 0 aliphatic rings. The van der Waals surface area contributed by atoms with Crippen molar-refractivity contribution < 1.29 is 22.7 Å². The summed E-state index contributed by atoms with van der Waals surface area (Å²) in [7, 11) is -2.51. The van der Waals surface area contributed by atoms with Crippen LogP contribution in [0.3, 0.4) is 0 Å². The van der Waals surface area contributed by atoms with E-state index in [0.717, 1.165) is 11.1 Å². The van der Waals surface area contributed by atoms with Crippen LogP contribution in [0.4, 0.5) is 5.69 Å². The average Bonchev–Trinajstić information content (AvgIpc) is 2.82. The minimum Gasteiger partial charge on any atom is -0.481 e. The van der Waals surface area contributed by atoms with Gasteiger partial charge in [-0.3, -0.25) is 4.72 Å². The van der Waals surface area contributed by atoms with E-state index in [9.17, 15) is 13.2 Å². The summed E-state index contributed by atoms with van der Waals surface area (Å²) >= 11 is 0. The first kappa shape index (κ1) is 23.3. The number of benzene rings is 3. The number of carbonyl (C=O) groups excluding carboxylic acids is 1. The number of ether oxygens (including phenoxy) is 2. The zero-order chi connectivity index (χ0) is 24.3. The molecular formula is C26H24N2O5S. The predicted octanol–water partition coefficient (Wildman–Crippen LogP) is 4.87. The Hall–Kier alpha value is -3.91. The van der Waals surface area contributed by atoms with Gasteiger partial charge in [0.25, 0.3) is 10.0 Å². The number of rotatable bonds is 7. The molecule has 0 saturated carbocycles. The summed E-state index contributed by atoms with van der Waals surface area (Å²) in [5.41, 5.74) is 4.26. The number of pyridine rings is 1. The van der Waals surface area contributed by atoms with Crippen molar-refractivity contribution in [1.82, 2.24) is 4.98 Å². The second-order valence-corrected chi connectivity index (χ2v) is 9.49. The van der Waals surface area contributed by atoms with Crippen LogP contribution in [0.1, 0.15) is 11.1 Å². The Balaban J connectivity index is 1.77. The van der Waals surface area contributed by atoms with E-state index in [0.29, 0.717) is 33.6 Å². The van der Waals surface area contributed by atoms with Crippen molar-refractivity contribution in [1.29, 1.82) is 0 Å². The number of esters is 1. The lowest BCUT2D eigenvalue weighted by atomic mass is 10.1. The lowest BCUT2D eigenvalue weighted by molar-refractivity contribution is -0.142. The van der Waals surface area contributed by atoms with Crippen LogP contribution >= 0.6 is 0 Å². The average molecular weight is 477 g/mol. The highest BCUT2D eigenvalue weighted by molar-refractivity contribution is 7.92. The van der Waals surface area contributed by atoms with Crippen LogP contribution in [0.25, 0.3) is 22.2 Å². The zero-order valence-corrected chi connectivity index (χ0v) is 19.8. The maximum atomic E-state index is 12.9. The Labute approximate surface area is 198 Å². The fourth-order valence-electron chi connectivity index (χ4n) is 3.51. The topological polar surface area (TPSA) is 94.6 Å². The number of methoxy groups -OCH3 is 1. The lowest BCUT2D eigenvalue weighted by Crippen LogP contribution is -2.14. The first-order chi connectivity index (χ1) is 16.3. The quantitative estimate of drug-likeness (QED) is 0.383. The number of hydrogen-bond acceptors (Lipinski definition) is 6. The second kappa shape index (κ2) is 9.52. The van der Waals surface area contributed by atoms with Gasteiger partial charge in [0.1, 0.15) is 5.75 Å². The molecule has 0 unspecified atom stereocenters. The number of nitrogens with zero attached hydrogens (tertiary/aromatic N) is 1. The third-order valence-electron chi connectivity index (χ3n) is 5.33. The summed E-state index contributed by atoms with van der Waals surface area (Å²) < 4.78 is 39.0. The molecule has 0 saturated heterocycles. The number of anilines is 1. The molecule has 3 aromatic carbocycles. The normalized spacial score (nSPS) is 11.3. The fraction of sp³-hybridized carbons (Fsp3) is 0.154. The standard InChI is InChI=1S/C26H24N2O5S/c1-17-8-10-19(11-9-17)23-15-24(33-16-26(29)32-3)21-14-20(12-13-22(21)27-23)28-34(30,31)25-7-5-4-6-18(25)2/h4-15,28H,16H2,1-3H3. The molecule has 4 rings (SSSR count). The van der Waals surface area contributed by atoms with Crippen molar-refractivity contribution in [3.63, 3.8) is 0 Å². The van der Waals surface area contributed by atoms with Crippen LogP contribution in [0.5, 0.6) is 5.75 Å². The Morgan fingerprint density at radius 1 is 0.971 bits per heavy atom. The van der Waals surface area contributed by atoms with Crippen LogP contribution in [0, 0.1) is 13.8 Å². The van der Waals surface area contributed by atoms with Gasteiger partial charge in [0.05, 0.1) is 23.2 Å². The monoisotopic (exact) mass is 476 g/mol. The molecule has 0 aliphatic carbocycles. The largest absolute Gasteiger partial charge is 0.481 e.